The van der Waals surface area contributed by atoms with Crippen molar-refractivity contribution in [2.45, 2.75) is 45.6 Å². The van der Waals surface area contributed by atoms with Crippen molar-refractivity contribution in [3.05, 3.63) is 0 Å². The molecule has 0 aromatic carbocycles. The standard InChI is InChI=1S/C12H22N2OS/c1-8-4-6-10(7-5-8)12(15)14(3)9(2)11(13)16/h8-10H,4-7H2,1-3H3,(H2,13,16). The SMILES string of the molecule is CC1CCC(C(=O)N(C)C(C)C(N)=S)CC1. The van der Waals surface area contributed by atoms with Crippen LogP contribution in [0.2, 0.25) is 0 Å². The number of nitrogens with two attached hydrogens (primary N) is 1. The second-order valence-corrected chi connectivity index (χ2v) is 5.46. The summed E-state index contributed by atoms with van der Waals surface area (Å²) in [5.74, 6) is 1.15. The predicted molar refractivity (Wildman–Crippen MR) is 70.1 cm³/mol. The van der Waals surface area contributed by atoms with Gasteiger partial charge in [-0.15, -0.1) is 0 Å². The lowest BCUT2D eigenvalue weighted by molar-refractivity contribution is -0.136. The van der Waals surface area contributed by atoms with Crippen LogP contribution in [0.4, 0.5) is 0 Å². The molecular weight excluding hydrogens is 220 g/mol. The molecule has 1 amide bonds. The number of carbonyl (C=O) groups is 1. The highest BCUT2D eigenvalue weighted by Gasteiger charge is 2.28. The van der Waals surface area contributed by atoms with E-state index in [1.807, 2.05) is 6.92 Å². The van der Waals surface area contributed by atoms with Gasteiger partial charge in [-0.2, -0.15) is 0 Å². The molecule has 0 saturated heterocycles. The van der Waals surface area contributed by atoms with Crippen molar-refractivity contribution >= 4 is 23.1 Å². The maximum Gasteiger partial charge on any atom is 0.226 e. The number of carbonyl (C=O) groups excluding carboxylic acids is 1. The second-order valence-electron chi connectivity index (χ2n) is 4.98. The molecule has 0 spiro atoms. The van der Waals surface area contributed by atoms with Gasteiger partial charge in [-0.3, -0.25) is 4.79 Å². The van der Waals surface area contributed by atoms with Crippen LogP contribution >= 0.6 is 12.2 Å². The van der Waals surface area contributed by atoms with Gasteiger partial charge in [0.05, 0.1) is 11.0 Å². The number of thiocarbonyl (C=S) groups is 1. The first-order chi connectivity index (χ1) is 7.43. The molecule has 1 fully saturated rings. The van der Waals surface area contributed by atoms with Gasteiger partial charge in [0, 0.05) is 13.0 Å². The van der Waals surface area contributed by atoms with E-state index in [4.69, 9.17) is 18.0 Å². The Hall–Kier alpha value is -0.640. The zero-order valence-electron chi connectivity index (χ0n) is 10.4. The highest BCUT2D eigenvalue weighted by molar-refractivity contribution is 7.80. The molecule has 1 rings (SSSR count). The number of hydrogen-bond donors (Lipinski definition) is 1. The quantitative estimate of drug-likeness (QED) is 0.769. The minimum Gasteiger partial charge on any atom is -0.392 e. The Kier molecular flexibility index (Phi) is 4.71. The average molecular weight is 242 g/mol. The fraction of sp³-hybridized carbons (Fsp3) is 0.833. The molecule has 0 heterocycles. The van der Waals surface area contributed by atoms with E-state index in [0.29, 0.717) is 4.99 Å². The van der Waals surface area contributed by atoms with E-state index in [-0.39, 0.29) is 17.9 Å². The van der Waals surface area contributed by atoms with Gasteiger partial charge >= 0.3 is 0 Å². The van der Waals surface area contributed by atoms with Crippen molar-refractivity contribution in [3.8, 4) is 0 Å². The minimum absolute atomic E-state index is 0.137. The molecule has 4 heteroatoms. The van der Waals surface area contributed by atoms with E-state index in [2.05, 4.69) is 6.92 Å². The van der Waals surface area contributed by atoms with Crippen molar-refractivity contribution in [2.24, 2.45) is 17.6 Å². The van der Waals surface area contributed by atoms with Crippen molar-refractivity contribution in [1.82, 2.24) is 4.90 Å². The summed E-state index contributed by atoms with van der Waals surface area (Å²) >= 11 is 4.92. The number of nitrogens with zero attached hydrogens (tertiary/aromatic N) is 1. The first kappa shape index (κ1) is 13.4. The van der Waals surface area contributed by atoms with Gasteiger partial charge in [0.15, 0.2) is 0 Å². The van der Waals surface area contributed by atoms with Crippen molar-refractivity contribution in [3.63, 3.8) is 0 Å². The largest absolute Gasteiger partial charge is 0.392 e. The third kappa shape index (κ3) is 3.17. The Labute approximate surface area is 103 Å². The molecule has 0 bridgehead atoms. The number of hydrogen-bond acceptors (Lipinski definition) is 2. The molecule has 1 unspecified atom stereocenters. The smallest absolute Gasteiger partial charge is 0.226 e. The summed E-state index contributed by atoms with van der Waals surface area (Å²) in [6.07, 6.45) is 4.33. The van der Waals surface area contributed by atoms with Gasteiger partial charge in [0.1, 0.15) is 0 Å². The Morgan fingerprint density at radius 3 is 2.31 bits per heavy atom. The Balaban J connectivity index is 2.54. The average Bonchev–Trinajstić information content (AvgIpc) is 2.27. The van der Waals surface area contributed by atoms with Crippen LogP contribution in [0.5, 0.6) is 0 Å². The molecule has 0 aromatic heterocycles. The Morgan fingerprint density at radius 2 is 1.88 bits per heavy atom. The fourth-order valence-corrected chi connectivity index (χ4v) is 2.33. The summed E-state index contributed by atoms with van der Waals surface area (Å²) in [5, 5.41) is 0. The first-order valence-electron chi connectivity index (χ1n) is 5.99. The van der Waals surface area contributed by atoms with Crippen molar-refractivity contribution in [1.29, 1.82) is 0 Å². The van der Waals surface area contributed by atoms with Crippen LogP contribution in [-0.2, 0) is 4.79 Å². The molecule has 3 nitrogen and oxygen atoms in total. The van der Waals surface area contributed by atoms with Gasteiger partial charge in [-0.1, -0.05) is 19.1 Å². The van der Waals surface area contributed by atoms with Crippen LogP contribution in [-0.4, -0.2) is 28.9 Å². The maximum absolute atomic E-state index is 12.2. The van der Waals surface area contributed by atoms with Crippen LogP contribution in [0.1, 0.15) is 39.5 Å². The van der Waals surface area contributed by atoms with Crippen LogP contribution < -0.4 is 5.73 Å². The van der Waals surface area contributed by atoms with Crippen LogP contribution in [0.25, 0.3) is 0 Å². The van der Waals surface area contributed by atoms with Gasteiger partial charge in [0.2, 0.25) is 5.91 Å². The van der Waals surface area contributed by atoms with Gasteiger partial charge in [-0.05, 0) is 38.5 Å². The topological polar surface area (TPSA) is 46.3 Å². The zero-order valence-corrected chi connectivity index (χ0v) is 11.2. The lowest BCUT2D eigenvalue weighted by atomic mass is 9.82. The molecule has 2 N–H and O–H groups in total. The summed E-state index contributed by atoms with van der Waals surface area (Å²) in [7, 11) is 1.80. The number of amides is 1. The van der Waals surface area contributed by atoms with Crippen LogP contribution in [0.15, 0.2) is 0 Å². The highest BCUT2D eigenvalue weighted by Crippen LogP contribution is 2.29. The first-order valence-corrected chi connectivity index (χ1v) is 6.40. The fourth-order valence-electron chi connectivity index (χ4n) is 2.18. The molecule has 1 aliphatic carbocycles. The number of likely N-dealkylation sites (N-methyl/N-ethyl adjacent to an activating group) is 1. The molecule has 0 aromatic rings. The van der Waals surface area contributed by atoms with E-state index in [9.17, 15) is 4.79 Å². The molecule has 0 aliphatic heterocycles. The molecule has 16 heavy (non-hydrogen) atoms. The highest BCUT2D eigenvalue weighted by atomic mass is 32.1. The zero-order chi connectivity index (χ0) is 12.3. The van der Waals surface area contributed by atoms with Crippen LogP contribution in [0, 0.1) is 11.8 Å². The van der Waals surface area contributed by atoms with Crippen LogP contribution in [0.3, 0.4) is 0 Å². The lowest BCUT2D eigenvalue weighted by Gasteiger charge is -2.31. The third-order valence-corrected chi connectivity index (χ3v) is 4.05. The van der Waals surface area contributed by atoms with E-state index < -0.39 is 0 Å². The summed E-state index contributed by atoms with van der Waals surface area (Å²) in [4.78, 5) is 14.2. The van der Waals surface area contributed by atoms with Crippen molar-refractivity contribution < 1.29 is 4.79 Å². The summed E-state index contributed by atoms with van der Waals surface area (Å²) < 4.78 is 0. The summed E-state index contributed by atoms with van der Waals surface area (Å²) in [6, 6.07) is -0.137. The van der Waals surface area contributed by atoms with Gasteiger partial charge < -0.3 is 10.6 Å². The molecule has 1 atom stereocenters. The molecular formula is C12H22N2OS. The van der Waals surface area contributed by atoms with E-state index in [1.165, 1.54) is 0 Å². The predicted octanol–water partition coefficient (Wildman–Crippen LogP) is 1.95. The lowest BCUT2D eigenvalue weighted by Crippen LogP contribution is -2.45. The Morgan fingerprint density at radius 1 is 1.38 bits per heavy atom. The minimum atomic E-state index is -0.137. The normalized spacial score (nSPS) is 27.2. The third-order valence-electron chi connectivity index (χ3n) is 3.71. The maximum atomic E-state index is 12.2. The number of rotatable bonds is 3. The summed E-state index contributed by atoms with van der Waals surface area (Å²) in [5.41, 5.74) is 5.56. The van der Waals surface area contributed by atoms with E-state index >= 15 is 0 Å². The summed E-state index contributed by atoms with van der Waals surface area (Å²) in [6.45, 7) is 4.13. The Bertz CT molecular complexity index is 272. The molecule has 0 radical (unpaired) electrons. The van der Waals surface area contributed by atoms with E-state index in [1.54, 1.807) is 11.9 Å². The van der Waals surface area contributed by atoms with Gasteiger partial charge in [-0.25, -0.2) is 0 Å². The molecule has 92 valence electrons. The van der Waals surface area contributed by atoms with E-state index in [0.717, 1.165) is 31.6 Å². The van der Waals surface area contributed by atoms with Gasteiger partial charge in [0.25, 0.3) is 0 Å². The molecule has 1 saturated carbocycles. The molecule has 1 aliphatic rings. The second kappa shape index (κ2) is 5.62. The monoisotopic (exact) mass is 242 g/mol. The van der Waals surface area contributed by atoms with Crippen molar-refractivity contribution in [2.75, 3.05) is 7.05 Å².